The minimum Gasteiger partial charge on any atom is -0.412 e. The van der Waals surface area contributed by atoms with E-state index in [9.17, 15) is 14.4 Å². The Kier molecular flexibility index (Phi) is 11.6. The quantitative estimate of drug-likeness (QED) is 0.389. The first-order valence-corrected chi connectivity index (χ1v) is 14.5. The lowest BCUT2D eigenvalue weighted by molar-refractivity contribution is -0.141. The number of hydrogen-bond donors (Lipinski definition) is 1. The molecular formula is C32H36Cl3N3O5. The van der Waals surface area contributed by atoms with E-state index < -0.39 is 11.1 Å². The minimum absolute atomic E-state index is 0. The number of carbonyl (C=O) groups excluding carboxylic acids is 3. The fourth-order valence-electron chi connectivity index (χ4n) is 5.95. The van der Waals surface area contributed by atoms with Gasteiger partial charge in [-0.1, -0.05) is 77.8 Å². The van der Waals surface area contributed by atoms with E-state index in [1.54, 1.807) is 29.2 Å². The topological polar surface area (TPSA) is 110 Å². The summed E-state index contributed by atoms with van der Waals surface area (Å²) in [5.74, 6) is -0.297. The van der Waals surface area contributed by atoms with Crippen LogP contribution in [0.2, 0.25) is 10.0 Å². The third kappa shape index (κ3) is 7.51. The van der Waals surface area contributed by atoms with Crippen molar-refractivity contribution in [3.05, 3.63) is 106 Å². The van der Waals surface area contributed by atoms with Gasteiger partial charge in [-0.05, 0) is 48.2 Å². The summed E-state index contributed by atoms with van der Waals surface area (Å²) < 4.78 is 6.46. The predicted octanol–water partition coefficient (Wildman–Crippen LogP) is 5.00. The Balaban J connectivity index is 0.00000253. The van der Waals surface area contributed by atoms with E-state index in [0.29, 0.717) is 61.2 Å². The Morgan fingerprint density at radius 2 is 1.60 bits per heavy atom. The normalized spacial score (nSPS) is 21.8. The van der Waals surface area contributed by atoms with Crippen LogP contribution < -0.4 is 5.32 Å². The number of nitrogens with zero attached hydrogens (tertiary/aromatic N) is 2. The molecule has 0 aromatic heterocycles. The van der Waals surface area contributed by atoms with Gasteiger partial charge in [0.1, 0.15) is 5.60 Å². The highest BCUT2D eigenvalue weighted by atomic mass is 35.5. The van der Waals surface area contributed by atoms with Crippen LogP contribution in [0.4, 0.5) is 0 Å². The summed E-state index contributed by atoms with van der Waals surface area (Å²) in [6.07, 6.45) is 1.20. The molecule has 2 fully saturated rings. The third-order valence-corrected chi connectivity index (χ3v) is 8.82. The summed E-state index contributed by atoms with van der Waals surface area (Å²) in [5.41, 5.74) is 0.698. The van der Waals surface area contributed by atoms with Gasteiger partial charge in [0, 0.05) is 32.1 Å². The van der Waals surface area contributed by atoms with Gasteiger partial charge in [0.25, 0.3) is 5.91 Å². The number of piperidine rings is 1. The average Bonchev–Trinajstić information content (AvgIpc) is 2.98. The van der Waals surface area contributed by atoms with Crippen LogP contribution in [-0.2, 0) is 25.5 Å². The van der Waals surface area contributed by atoms with E-state index in [2.05, 4.69) is 5.32 Å². The number of halogens is 3. The SMILES string of the molecule is CC(=O)NC1(c2ccccc2)CCN(CCC2(c3ccc(Cl)c(Cl)c3)CN(C(=O)c3ccccc3)CCO2)C(=O)C1.Cl.O. The van der Waals surface area contributed by atoms with E-state index in [4.69, 9.17) is 27.9 Å². The standard InChI is InChI=1S/C32H33Cl2N3O4.ClH.H2O/c1-23(38)35-31(25-10-6-3-7-11-25)14-16-36(29(39)21-31)17-15-32(26-12-13-27(33)28(34)20-26)22-37(18-19-41-32)30(40)24-8-4-2-5-9-24;;/h2-13,20H,14-19,21-22H2,1H3,(H,35,38);1H;1H2. The summed E-state index contributed by atoms with van der Waals surface area (Å²) in [6.45, 7) is 3.46. The molecule has 11 heteroatoms. The lowest BCUT2D eigenvalue weighted by atomic mass is 9.80. The van der Waals surface area contributed by atoms with Crippen LogP contribution in [0.3, 0.4) is 0 Å². The molecule has 8 nitrogen and oxygen atoms in total. The Morgan fingerprint density at radius 1 is 0.930 bits per heavy atom. The zero-order valence-electron chi connectivity index (χ0n) is 23.9. The van der Waals surface area contributed by atoms with E-state index in [0.717, 1.165) is 11.1 Å². The average molecular weight is 649 g/mol. The second-order valence-electron chi connectivity index (χ2n) is 10.8. The number of hydrogen-bond acceptors (Lipinski definition) is 4. The number of rotatable bonds is 7. The fraction of sp³-hybridized carbons (Fsp3) is 0.344. The smallest absolute Gasteiger partial charge is 0.254 e. The summed E-state index contributed by atoms with van der Waals surface area (Å²) in [4.78, 5) is 42.8. The van der Waals surface area contributed by atoms with Gasteiger partial charge >= 0.3 is 0 Å². The zero-order valence-corrected chi connectivity index (χ0v) is 26.2. The van der Waals surface area contributed by atoms with Crippen molar-refractivity contribution < 1.29 is 24.6 Å². The van der Waals surface area contributed by atoms with Crippen molar-refractivity contribution in [2.45, 2.75) is 37.3 Å². The highest BCUT2D eigenvalue weighted by Crippen LogP contribution is 2.39. The van der Waals surface area contributed by atoms with E-state index >= 15 is 0 Å². The number of carbonyl (C=O) groups is 3. The molecule has 2 atom stereocenters. The van der Waals surface area contributed by atoms with Gasteiger partial charge in [-0.2, -0.15) is 0 Å². The number of ether oxygens (including phenoxy) is 1. The molecule has 3 N–H and O–H groups in total. The van der Waals surface area contributed by atoms with Gasteiger partial charge < -0.3 is 25.3 Å². The Labute approximate surface area is 268 Å². The highest BCUT2D eigenvalue weighted by Gasteiger charge is 2.44. The number of morpholine rings is 1. The number of amides is 3. The molecule has 0 bridgehead atoms. The molecule has 3 amide bonds. The Hall–Kier alpha value is -3.14. The molecule has 0 saturated carbocycles. The molecule has 5 rings (SSSR count). The first-order valence-electron chi connectivity index (χ1n) is 13.8. The molecule has 3 aromatic rings. The molecule has 230 valence electrons. The maximum Gasteiger partial charge on any atom is 0.254 e. The lowest BCUT2D eigenvalue weighted by Gasteiger charge is -2.46. The molecule has 2 heterocycles. The molecule has 0 spiro atoms. The largest absolute Gasteiger partial charge is 0.412 e. The summed E-state index contributed by atoms with van der Waals surface area (Å²) in [5, 5.41) is 3.89. The van der Waals surface area contributed by atoms with Crippen LogP contribution in [0.15, 0.2) is 78.9 Å². The monoisotopic (exact) mass is 647 g/mol. The molecule has 2 unspecified atom stereocenters. The van der Waals surface area contributed by atoms with E-state index in [-0.39, 0.29) is 42.0 Å². The summed E-state index contributed by atoms with van der Waals surface area (Å²) in [7, 11) is 0. The Bertz CT molecular complexity index is 1430. The van der Waals surface area contributed by atoms with Crippen LogP contribution in [-0.4, -0.2) is 65.8 Å². The van der Waals surface area contributed by atoms with Crippen molar-refractivity contribution in [1.82, 2.24) is 15.1 Å². The highest BCUT2D eigenvalue weighted by molar-refractivity contribution is 6.42. The second-order valence-corrected chi connectivity index (χ2v) is 11.6. The van der Waals surface area contributed by atoms with E-state index in [1.807, 2.05) is 59.5 Å². The predicted molar refractivity (Wildman–Crippen MR) is 170 cm³/mol. The maximum absolute atomic E-state index is 13.6. The van der Waals surface area contributed by atoms with Gasteiger partial charge in [0.15, 0.2) is 0 Å². The van der Waals surface area contributed by atoms with Crippen molar-refractivity contribution >= 4 is 53.3 Å². The summed E-state index contributed by atoms with van der Waals surface area (Å²) in [6, 6.07) is 24.2. The second kappa shape index (κ2) is 14.6. The zero-order chi connectivity index (χ0) is 29.0. The third-order valence-electron chi connectivity index (χ3n) is 8.08. The van der Waals surface area contributed by atoms with Crippen LogP contribution in [0.1, 0.15) is 47.7 Å². The minimum atomic E-state index is -0.886. The fourth-order valence-corrected chi connectivity index (χ4v) is 6.25. The molecule has 3 aromatic carbocycles. The van der Waals surface area contributed by atoms with Crippen LogP contribution in [0.5, 0.6) is 0 Å². The van der Waals surface area contributed by atoms with Gasteiger partial charge in [-0.15, -0.1) is 12.4 Å². The van der Waals surface area contributed by atoms with Gasteiger partial charge in [0.05, 0.1) is 35.2 Å². The van der Waals surface area contributed by atoms with Crippen molar-refractivity contribution in [3.8, 4) is 0 Å². The maximum atomic E-state index is 13.6. The van der Waals surface area contributed by atoms with Gasteiger partial charge in [0.2, 0.25) is 11.8 Å². The van der Waals surface area contributed by atoms with Crippen LogP contribution in [0, 0.1) is 0 Å². The number of benzene rings is 3. The first kappa shape index (κ1) is 34.4. The van der Waals surface area contributed by atoms with Crippen LogP contribution >= 0.6 is 35.6 Å². The molecule has 0 radical (unpaired) electrons. The first-order chi connectivity index (χ1) is 19.7. The van der Waals surface area contributed by atoms with Gasteiger partial charge in [-0.25, -0.2) is 0 Å². The van der Waals surface area contributed by atoms with Crippen molar-refractivity contribution in [1.29, 1.82) is 0 Å². The summed E-state index contributed by atoms with van der Waals surface area (Å²) >= 11 is 12.7. The Morgan fingerprint density at radius 3 is 2.23 bits per heavy atom. The van der Waals surface area contributed by atoms with Gasteiger partial charge in [-0.3, -0.25) is 14.4 Å². The molecule has 2 aliphatic heterocycles. The van der Waals surface area contributed by atoms with Crippen molar-refractivity contribution in [2.75, 3.05) is 32.8 Å². The molecule has 43 heavy (non-hydrogen) atoms. The van der Waals surface area contributed by atoms with Crippen LogP contribution in [0.25, 0.3) is 0 Å². The molecule has 2 saturated heterocycles. The number of nitrogens with one attached hydrogen (secondary N) is 1. The molecule has 2 aliphatic rings. The van der Waals surface area contributed by atoms with Crippen molar-refractivity contribution in [2.24, 2.45) is 0 Å². The molecular weight excluding hydrogens is 613 g/mol. The number of likely N-dealkylation sites (tertiary alicyclic amines) is 1. The van der Waals surface area contributed by atoms with Crippen molar-refractivity contribution in [3.63, 3.8) is 0 Å². The van der Waals surface area contributed by atoms with E-state index in [1.165, 1.54) is 6.92 Å². The molecule has 0 aliphatic carbocycles. The lowest BCUT2D eigenvalue weighted by Crippen LogP contribution is -2.56.